The average Bonchev–Trinajstić information content (AvgIpc) is 2.07. The van der Waals surface area contributed by atoms with Crippen molar-refractivity contribution in [1.82, 2.24) is 0 Å². The molecule has 1 rings (SSSR count). The third-order valence-electron chi connectivity index (χ3n) is 1.97. The minimum Gasteiger partial charge on any atom is -0.0881 e. The van der Waals surface area contributed by atoms with Crippen LogP contribution >= 0.6 is 15.9 Å². The molecule has 1 aliphatic carbocycles. The van der Waals surface area contributed by atoms with Crippen LogP contribution in [0.1, 0.15) is 26.2 Å². The highest BCUT2D eigenvalue weighted by atomic mass is 79.9. The van der Waals surface area contributed by atoms with E-state index in [4.69, 9.17) is 0 Å². The second kappa shape index (κ2) is 4.76. The van der Waals surface area contributed by atoms with Crippen molar-refractivity contribution in [3.05, 3.63) is 24.3 Å². The Kier molecular flexibility index (Phi) is 3.92. The molecule has 1 unspecified atom stereocenters. The molecule has 1 heteroatoms. The van der Waals surface area contributed by atoms with Crippen LogP contribution in [0.2, 0.25) is 0 Å². The van der Waals surface area contributed by atoms with E-state index in [1.807, 2.05) is 0 Å². The number of rotatable bonds is 3. The van der Waals surface area contributed by atoms with Crippen molar-refractivity contribution in [3.8, 4) is 0 Å². The van der Waals surface area contributed by atoms with Gasteiger partial charge in [-0.25, -0.2) is 0 Å². The van der Waals surface area contributed by atoms with Crippen LogP contribution in [0.4, 0.5) is 0 Å². The zero-order valence-corrected chi connectivity index (χ0v) is 8.55. The number of hydrogen-bond donors (Lipinski definition) is 0. The predicted octanol–water partition coefficient (Wildman–Crippen LogP) is 3.68. The molecule has 0 nitrogen and oxygen atoms in total. The van der Waals surface area contributed by atoms with Crippen molar-refractivity contribution in [2.45, 2.75) is 31.0 Å². The maximum Gasteiger partial charge on any atom is 0.0243 e. The Morgan fingerprint density at radius 1 is 1.45 bits per heavy atom. The summed E-state index contributed by atoms with van der Waals surface area (Å²) in [5.74, 6) is 0.628. The Morgan fingerprint density at radius 3 is 2.64 bits per heavy atom. The van der Waals surface area contributed by atoms with Crippen LogP contribution in [0.3, 0.4) is 0 Å². The summed E-state index contributed by atoms with van der Waals surface area (Å²) in [7, 11) is 0. The smallest absolute Gasteiger partial charge is 0.0243 e. The maximum absolute atomic E-state index is 3.70. The SMILES string of the molecule is CCCC(Br)C1C=CCC=C1. The van der Waals surface area contributed by atoms with Crippen molar-refractivity contribution < 1.29 is 0 Å². The van der Waals surface area contributed by atoms with Crippen LogP contribution in [0.15, 0.2) is 24.3 Å². The van der Waals surface area contributed by atoms with Gasteiger partial charge in [0, 0.05) is 10.7 Å². The van der Waals surface area contributed by atoms with Gasteiger partial charge in [-0.1, -0.05) is 53.6 Å². The molecular weight excluding hydrogens is 200 g/mol. The lowest BCUT2D eigenvalue weighted by atomic mass is 9.97. The summed E-state index contributed by atoms with van der Waals surface area (Å²) < 4.78 is 0. The highest BCUT2D eigenvalue weighted by Gasteiger charge is 2.12. The van der Waals surface area contributed by atoms with Gasteiger partial charge in [-0.05, 0) is 12.8 Å². The predicted molar refractivity (Wildman–Crippen MR) is 54.0 cm³/mol. The first-order valence-corrected chi connectivity index (χ1v) is 5.23. The number of halogens is 1. The summed E-state index contributed by atoms with van der Waals surface area (Å²) in [5.41, 5.74) is 0. The van der Waals surface area contributed by atoms with Gasteiger partial charge in [0.15, 0.2) is 0 Å². The standard InChI is InChI=1S/C10H15Br/c1-2-6-10(11)9-7-4-3-5-8-9/h4-5,7-10H,2-3,6H2,1H3. The van der Waals surface area contributed by atoms with E-state index in [-0.39, 0.29) is 0 Å². The molecule has 1 aliphatic rings. The molecule has 0 N–H and O–H groups in total. The van der Waals surface area contributed by atoms with E-state index in [0.29, 0.717) is 10.7 Å². The number of alkyl halides is 1. The Bertz CT molecular complexity index is 146. The average molecular weight is 215 g/mol. The largest absolute Gasteiger partial charge is 0.0881 e. The Balaban J connectivity index is 2.39. The highest BCUT2D eigenvalue weighted by molar-refractivity contribution is 9.09. The zero-order chi connectivity index (χ0) is 8.10. The van der Waals surface area contributed by atoms with Gasteiger partial charge in [0.25, 0.3) is 0 Å². The van der Waals surface area contributed by atoms with Gasteiger partial charge in [0.2, 0.25) is 0 Å². The molecule has 0 aromatic heterocycles. The first kappa shape index (κ1) is 9.05. The van der Waals surface area contributed by atoms with Gasteiger partial charge in [-0.2, -0.15) is 0 Å². The molecule has 0 aromatic rings. The van der Waals surface area contributed by atoms with E-state index >= 15 is 0 Å². The van der Waals surface area contributed by atoms with Gasteiger partial charge in [0.1, 0.15) is 0 Å². The van der Waals surface area contributed by atoms with Crippen LogP contribution in [-0.4, -0.2) is 4.83 Å². The van der Waals surface area contributed by atoms with E-state index in [0.717, 1.165) is 6.42 Å². The molecular formula is C10H15Br. The van der Waals surface area contributed by atoms with E-state index in [9.17, 15) is 0 Å². The van der Waals surface area contributed by atoms with Gasteiger partial charge < -0.3 is 0 Å². The van der Waals surface area contributed by atoms with Crippen LogP contribution in [0, 0.1) is 5.92 Å². The lowest BCUT2D eigenvalue weighted by Crippen LogP contribution is -2.10. The van der Waals surface area contributed by atoms with Crippen LogP contribution < -0.4 is 0 Å². The zero-order valence-electron chi connectivity index (χ0n) is 6.96. The topological polar surface area (TPSA) is 0 Å². The molecule has 0 spiro atoms. The summed E-state index contributed by atoms with van der Waals surface area (Å²) >= 11 is 3.70. The molecule has 0 saturated heterocycles. The molecule has 0 amide bonds. The molecule has 0 aliphatic heterocycles. The lowest BCUT2D eigenvalue weighted by Gasteiger charge is -2.16. The molecule has 62 valence electrons. The van der Waals surface area contributed by atoms with Gasteiger partial charge in [-0.15, -0.1) is 0 Å². The van der Waals surface area contributed by atoms with Crippen LogP contribution in [-0.2, 0) is 0 Å². The third kappa shape index (κ3) is 2.82. The molecule has 11 heavy (non-hydrogen) atoms. The van der Waals surface area contributed by atoms with Crippen molar-refractivity contribution >= 4 is 15.9 Å². The van der Waals surface area contributed by atoms with Gasteiger partial charge >= 0.3 is 0 Å². The van der Waals surface area contributed by atoms with E-state index in [1.165, 1.54) is 12.8 Å². The Hall–Kier alpha value is -0.0400. The van der Waals surface area contributed by atoms with E-state index in [2.05, 4.69) is 47.2 Å². The summed E-state index contributed by atoms with van der Waals surface area (Å²) in [5, 5.41) is 0. The first-order chi connectivity index (χ1) is 5.34. The second-order valence-corrected chi connectivity index (χ2v) is 4.15. The highest BCUT2D eigenvalue weighted by Crippen LogP contribution is 2.23. The molecule has 0 bridgehead atoms. The summed E-state index contributed by atoms with van der Waals surface area (Å²) in [6, 6.07) is 0. The van der Waals surface area contributed by atoms with Gasteiger partial charge in [-0.3, -0.25) is 0 Å². The Labute approximate surface area is 77.5 Å². The molecule has 0 aromatic carbocycles. The van der Waals surface area contributed by atoms with E-state index in [1.54, 1.807) is 0 Å². The van der Waals surface area contributed by atoms with Crippen molar-refractivity contribution in [3.63, 3.8) is 0 Å². The van der Waals surface area contributed by atoms with Crippen LogP contribution in [0.25, 0.3) is 0 Å². The quantitative estimate of drug-likeness (QED) is 0.497. The minimum atomic E-state index is 0.628. The summed E-state index contributed by atoms with van der Waals surface area (Å²) in [4.78, 5) is 0.639. The van der Waals surface area contributed by atoms with Crippen molar-refractivity contribution in [2.24, 2.45) is 5.92 Å². The first-order valence-electron chi connectivity index (χ1n) is 4.32. The fourth-order valence-electron chi connectivity index (χ4n) is 1.32. The lowest BCUT2D eigenvalue weighted by molar-refractivity contribution is 0.664. The number of allylic oxidation sites excluding steroid dienone is 4. The summed E-state index contributed by atoms with van der Waals surface area (Å²) in [6.45, 7) is 2.23. The monoisotopic (exact) mass is 214 g/mol. The maximum atomic E-state index is 3.70. The molecule has 0 saturated carbocycles. The van der Waals surface area contributed by atoms with Crippen molar-refractivity contribution in [2.75, 3.05) is 0 Å². The number of hydrogen-bond acceptors (Lipinski definition) is 0. The molecule has 0 heterocycles. The Morgan fingerprint density at radius 2 is 2.09 bits per heavy atom. The molecule has 0 radical (unpaired) electrons. The second-order valence-electron chi connectivity index (χ2n) is 2.97. The van der Waals surface area contributed by atoms with Gasteiger partial charge in [0.05, 0.1) is 0 Å². The normalized spacial score (nSPS) is 20.5. The third-order valence-corrected chi connectivity index (χ3v) is 3.04. The fraction of sp³-hybridized carbons (Fsp3) is 0.600. The molecule has 1 atom stereocenters. The molecule has 0 fully saturated rings. The van der Waals surface area contributed by atoms with Crippen molar-refractivity contribution in [1.29, 1.82) is 0 Å². The van der Waals surface area contributed by atoms with E-state index < -0.39 is 0 Å². The summed E-state index contributed by atoms with van der Waals surface area (Å²) in [6.07, 6.45) is 12.7. The van der Waals surface area contributed by atoms with Crippen LogP contribution in [0.5, 0.6) is 0 Å². The fourth-order valence-corrected chi connectivity index (χ4v) is 2.13. The minimum absolute atomic E-state index is 0.628.